The van der Waals surface area contributed by atoms with Crippen LogP contribution in [0.15, 0.2) is 45.3 Å². The molecule has 0 unspecified atom stereocenters. The third-order valence-corrected chi connectivity index (χ3v) is 4.10. The Bertz CT molecular complexity index is 732. The minimum atomic E-state index is -1.03. The summed E-state index contributed by atoms with van der Waals surface area (Å²) in [6.07, 6.45) is 0. The van der Waals surface area contributed by atoms with Crippen molar-refractivity contribution in [1.82, 2.24) is 0 Å². The van der Waals surface area contributed by atoms with E-state index in [1.165, 1.54) is 18.2 Å². The monoisotopic (exact) mass is 412 g/mol. The van der Waals surface area contributed by atoms with Crippen molar-refractivity contribution in [3.63, 3.8) is 0 Å². The van der Waals surface area contributed by atoms with Crippen molar-refractivity contribution in [3.05, 3.63) is 56.5 Å². The van der Waals surface area contributed by atoms with Crippen molar-refractivity contribution < 1.29 is 14.7 Å². The Morgan fingerprint density at radius 1 is 1.00 bits per heavy atom. The summed E-state index contributed by atoms with van der Waals surface area (Å²) in [5, 5.41) is 11.6. The van der Waals surface area contributed by atoms with E-state index < -0.39 is 5.97 Å². The predicted molar refractivity (Wildman–Crippen MR) is 87.6 cm³/mol. The number of hydrogen-bond acceptors (Lipinski definition) is 3. The second-order valence-electron chi connectivity index (χ2n) is 4.19. The fourth-order valence-corrected chi connectivity index (χ4v) is 2.35. The quantitative estimate of drug-likeness (QED) is 0.668. The fraction of sp³-hybridized carbons (Fsp3) is 0. The van der Waals surface area contributed by atoms with E-state index in [4.69, 9.17) is 10.8 Å². The van der Waals surface area contributed by atoms with Crippen molar-refractivity contribution >= 4 is 55.1 Å². The summed E-state index contributed by atoms with van der Waals surface area (Å²) in [6, 6.07) is 9.24. The Balaban J connectivity index is 2.23. The molecule has 108 valence electrons. The van der Waals surface area contributed by atoms with Gasteiger partial charge in [-0.1, -0.05) is 0 Å². The van der Waals surface area contributed by atoms with Crippen LogP contribution in [-0.4, -0.2) is 17.0 Å². The number of hydrogen-bond donors (Lipinski definition) is 3. The average Bonchev–Trinajstić information content (AvgIpc) is 2.43. The van der Waals surface area contributed by atoms with E-state index in [0.717, 1.165) is 0 Å². The summed E-state index contributed by atoms with van der Waals surface area (Å²) >= 11 is 6.49. The SMILES string of the molecule is Nc1cc(C(=O)Nc2ccc(C(=O)O)cc2Br)ccc1Br. The lowest BCUT2D eigenvalue weighted by atomic mass is 10.1. The number of nitrogens with one attached hydrogen (secondary N) is 1. The van der Waals surface area contributed by atoms with Gasteiger partial charge < -0.3 is 16.2 Å². The molecule has 21 heavy (non-hydrogen) atoms. The molecule has 2 aromatic rings. The summed E-state index contributed by atoms with van der Waals surface area (Å²) in [7, 11) is 0. The maximum Gasteiger partial charge on any atom is 0.335 e. The normalized spacial score (nSPS) is 10.2. The molecular formula is C14H10Br2N2O3. The van der Waals surface area contributed by atoms with Gasteiger partial charge in [-0.15, -0.1) is 0 Å². The molecule has 0 spiro atoms. The Kier molecular flexibility index (Phi) is 4.64. The van der Waals surface area contributed by atoms with Crippen LogP contribution in [0.1, 0.15) is 20.7 Å². The minimum absolute atomic E-state index is 0.132. The zero-order valence-corrected chi connectivity index (χ0v) is 13.7. The number of rotatable bonds is 3. The highest BCUT2D eigenvalue weighted by molar-refractivity contribution is 9.11. The van der Waals surface area contributed by atoms with Gasteiger partial charge >= 0.3 is 5.97 Å². The molecule has 0 heterocycles. The third kappa shape index (κ3) is 3.62. The first kappa shape index (κ1) is 15.5. The van der Waals surface area contributed by atoms with Crippen LogP contribution >= 0.6 is 31.9 Å². The van der Waals surface area contributed by atoms with Crippen molar-refractivity contribution in [2.75, 3.05) is 11.1 Å². The zero-order chi connectivity index (χ0) is 15.6. The van der Waals surface area contributed by atoms with Gasteiger partial charge in [0, 0.05) is 20.2 Å². The lowest BCUT2D eigenvalue weighted by molar-refractivity contribution is 0.0696. The standard InChI is InChI=1S/C14H10Br2N2O3/c15-9-3-1-7(6-11(9)17)13(19)18-12-4-2-8(14(20)21)5-10(12)16/h1-6H,17H2,(H,18,19)(H,20,21). The molecule has 1 amide bonds. The number of carbonyl (C=O) groups excluding carboxylic acids is 1. The molecule has 0 saturated carbocycles. The van der Waals surface area contributed by atoms with Gasteiger partial charge in [0.15, 0.2) is 0 Å². The van der Waals surface area contributed by atoms with Crippen LogP contribution in [0.2, 0.25) is 0 Å². The summed E-state index contributed by atoms with van der Waals surface area (Å²) < 4.78 is 1.20. The molecule has 0 fully saturated rings. The molecule has 0 atom stereocenters. The zero-order valence-electron chi connectivity index (χ0n) is 10.6. The summed E-state index contributed by atoms with van der Waals surface area (Å²) in [5.41, 5.74) is 7.21. The topological polar surface area (TPSA) is 92.4 Å². The second-order valence-corrected chi connectivity index (χ2v) is 5.90. The Hall–Kier alpha value is -1.86. The Morgan fingerprint density at radius 3 is 2.24 bits per heavy atom. The molecule has 0 saturated heterocycles. The van der Waals surface area contributed by atoms with E-state index in [-0.39, 0.29) is 11.5 Å². The van der Waals surface area contributed by atoms with E-state index in [0.29, 0.717) is 25.9 Å². The maximum atomic E-state index is 12.1. The van der Waals surface area contributed by atoms with Crippen molar-refractivity contribution in [2.45, 2.75) is 0 Å². The van der Waals surface area contributed by atoms with Crippen LogP contribution in [0, 0.1) is 0 Å². The molecule has 0 aromatic heterocycles. The molecule has 0 aliphatic rings. The highest BCUT2D eigenvalue weighted by Gasteiger charge is 2.11. The highest BCUT2D eigenvalue weighted by atomic mass is 79.9. The van der Waals surface area contributed by atoms with Gasteiger partial charge in [-0.2, -0.15) is 0 Å². The number of aromatic carboxylic acids is 1. The number of halogens is 2. The smallest absolute Gasteiger partial charge is 0.335 e. The summed E-state index contributed by atoms with van der Waals surface area (Å²) in [4.78, 5) is 23.0. The van der Waals surface area contributed by atoms with E-state index in [9.17, 15) is 9.59 Å². The Morgan fingerprint density at radius 2 is 1.67 bits per heavy atom. The van der Waals surface area contributed by atoms with Crippen molar-refractivity contribution in [3.8, 4) is 0 Å². The number of anilines is 2. The number of nitrogen functional groups attached to an aromatic ring is 1. The molecule has 2 rings (SSSR count). The molecule has 4 N–H and O–H groups in total. The number of carbonyl (C=O) groups is 2. The van der Waals surface area contributed by atoms with Gasteiger partial charge in [-0.05, 0) is 68.3 Å². The van der Waals surface area contributed by atoms with Gasteiger partial charge in [0.05, 0.1) is 11.3 Å². The van der Waals surface area contributed by atoms with E-state index in [1.807, 2.05) is 0 Å². The third-order valence-electron chi connectivity index (χ3n) is 2.72. The molecule has 5 nitrogen and oxygen atoms in total. The highest BCUT2D eigenvalue weighted by Crippen LogP contribution is 2.25. The second kappa shape index (κ2) is 6.28. The van der Waals surface area contributed by atoms with Gasteiger partial charge in [0.1, 0.15) is 0 Å². The van der Waals surface area contributed by atoms with Gasteiger partial charge in [-0.25, -0.2) is 4.79 Å². The van der Waals surface area contributed by atoms with Crippen LogP contribution in [0.4, 0.5) is 11.4 Å². The average molecular weight is 414 g/mol. The van der Waals surface area contributed by atoms with Gasteiger partial charge in [0.25, 0.3) is 5.91 Å². The molecule has 2 aromatic carbocycles. The summed E-state index contributed by atoms with van der Waals surface area (Å²) in [6.45, 7) is 0. The van der Waals surface area contributed by atoms with Crippen LogP contribution in [-0.2, 0) is 0 Å². The first-order valence-corrected chi connectivity index (χ1v) is 7.36. The van der Waals surface area contributed by atoms with Gasteiger partial charge in [0.2, 0.25) is 0 Å². The number of carboxylic acids is 1. The molecule has 0 aliphatic heterocycles. The summed E-state index contributed by atoms with van der Waals surface area (Å²) in [5.74, 6) is -1.37. The lowest BCUT2D eigenvalue weighted by Crippen LogP contribution is -2.13. The first-order valence-electron chi connectivity index (χ1n) is 5.77. The molecule has 0 radical (unpaired) electrons. The number of carboxylic acid groups (broad SMARTS) is 1. The van der Waals surface area contributed by atoms with E-state index >= 15 is 0 Å². The van der Waals surface area contributed by atoms with E-state index in [2.05, 4.69) is 37.2 Å². The van der Waals surface area contributed by atoms with Gasteiger partial charge in [-0.3, -0.25) is 4.79 Å². The Labute approximate surface area is 137 Å². The van der Waals surface area contributed by atoms with Crippen LogP contribution in [0.25, 0.3) is 0 Å². The van der Waals surface area contributed by atoms with Crippen LogP contribution in [0.5, 0.6) is 0 Å². The van der Waals surface area contributed by atoms with Crippen LogP contribution in [0.3, 0.4) is 0 Å². The predicted octanol–water partition coefficient (Wildman–Crippen LogP) is 3.74. The minimum Gasteiger partial charge on any atom is -0.478 e. The lowest BCUT2D eigenvalue weighted by Gasteiger charge is -2.09. The van der Waals surface area contributed by atoms with E-state index in [1.54, 1.807) is 18.2 Å². The largest absolute Gasteiger partial charge is 0.478 e. The number of nitrogens with two attached hydrogens (primary N) is 1. The number of amides is 1. The maximum absolute atomic E-state index is 12.1. The fourth-order valence-electron chi connectivity index (χ4n) is 1.63. The molecule has 0 bridgehead atoms. The van der Waals surface area contributed by atoms with Crippen molar-refractivity contribution in [1.29, 1.82) is 0 Å². The van der Waals surface area contributed by atoms with Crippen molar-refractivity contribution in [2.24, 2.45) is 0 Å². The molecule has 0 aliphatic carbocycles. The first-order chi connectivity index (χ1) is 9.88. The van der Waals surface area contributed by atoms with Crippen LogP contribution < -0.4 is 11.1 Å². The number of benzene rings is 2. The molecular weight excluding hydrogens is 404 g/mol. The molecule has 7 heteroatoms.